The summed E-state index contributed by atoms with van der Waals surface area (Å²) in [6, 6.07) is 11.1. The van der Waals surface area contributed by atoms with Gasteiger partial charge in [-0.25, -0.2) is 8.78 Å². The molecule has 11 heteroatoms. The minimum atomic E-state index is -1.40. The number of rotatable bonds is 6. The first-order chi connectivity index (χ1) is 16.9. The Morgan fingerprint density at radius 2 is 1.61 bits per heavy atom. The summed E-state index contributed by atoms with van der Waals surface area (Å²) in [7, 11) is 0. The Kier molecular flexibility index (Phi) is 7.56. The fourth-order valence-electron chi connectivity index (χ4n) is 3.83. The fourth-order valence-corrected chi connectivity index (χ4v) is 5.40. The summed E-state index contributed by atoms with van der Waals surface area (Å²) in [6.07, 6.45) is 1.30. The van der Waals surface area contributed by atoms with Gasteiger partial charge in [0.05, 0.1) is 22.2 Å². The first kappa shape index (κ1) is 26.7. The fraction of sp³-hybridized carbons (Fsp3) is 0.120. The third-order valence-electron chi connectivity index (χ3n) is 5.59. The van der Waals surface area contributed by atoms with E-state index in [1.807, 2.05) is 0 Å². The number of nitrogens with one attached hydrogen (secondary N) is 2. The average Bonchev–Trinajstić information content (AvgIpc) is 3.39. The molecule has 0 spiro atoms. The number of amides is 2. The Morgan fingerprint density at radius 3 is 2.25 bits per heavy atom. The van der Waals surface area contributed by atoms with Gasteiger partial charge in [-0.15, -0.1) is 23.2 Å². The molecule has 2 amide bonds. The van der Waals surface area contributed by atoms with Gasteiger partial charge in [-0.3, -0.25) is 9.59 Å². The first-order valence-corrected chi connectivity index (χ1v) is 12.2. The largest absolute Gasteiger partial charge is 0.326 e. The van der Waals surface area contributed by atoms with Gasteiger partial charge in [0.2, 0.25) is 5.91 Å². The first-order valence-electron chi connectivity index (χ1n) is 10.3. The van der Waals surface area contributed by atoms with Crippen molar-refractivity contribution in [3.8, 4) is 0 Å². The molecule has 0 radical (unpaired) electrons. The molecule has 186 valence electrons. The number of anilines is 2. The van der Waals surface area contributed by atoms with Gasteiger partial charge < -0.3 is 10.6 Å². The van der Waals surface area contributed by atoms with E-state index in [1.54, 1.807) is 18.2 Å². The molecule has 4 rings (SSSR count). The molecule has 0 bridgehead atoms. The van der Waals surface area contributed by atoms with Gasteiger partial charge in [-0.1, -0.05) is 47.5 Å². The van der Waals surface area contributed by atoms with Gasteiger partial charge in [-0.05, 0) is 59.7 Å². The highest BCUT2D eigenvalue weighted by Crippen LogP contribution is 2.65. The van der Waals surface area contributed by atoms with E-state index in [-0.39, 0.29) is 21.8 Å². The monoisotopic (exact) mass is 588 g/mol. The van der Waals surface area contributed by atoms with Crippen LogP contribution in [0.5, 0.6) is 0 Å². The minimum Gasteiger partial charge on any atom is -0.326 e. The van der Waals surface area contributed by atoms with Crippen LogP contribution in [-0.4, -0.2) is 16.1 Å². The normalized spacial score (nSPS) is 17.9. The number of hydrogen-bond acceptors (Lipinski definition) is 2. The number of alkyl halides is 2. The van der Waals surface area contributed by atoms with Crippen molar-refractivity contribution in [3.05, 3.63) is 98.5 Å². The van der Waals surface area contributed by atoms with Crippen LogP contribution in [0.4, 0.5) is 20.2 Å². The van der Waals surface area contributed by atoms with Crippen molar-refractivity contribution in [2.75, 3.05) is 10.6 Å². The van der Waals surface area contributed by atoms with Crippen LogP contribution in [0, 0.1) is 17.6 Å². The Balaban J connectivity index is 1.54. The second-order valence-corrected chi connectivity index (χ2v) is 10.8. The second kappa shape index (κ2) is 10.2. The molecule has 0 saturated heterocycles. The molecule has 0 aliphatic heterocycles. The summed E-state index contributed by atoms with van der Waals surface area (Å²) in [6.45, 7) is 3.50. The molecule has 2 unspecified atom stereocenters. The van der Waals surface area contributed by atoms with Gasteiger partial charge in [0.15, 0.2) is 11.6 Å². The van der Waals surface area contributed by atoms with E-state index in [0.29, 0.717) is 15.6 Å². The Bertz CT molecular complexity index is 1390. The molecule has 2 N–H and O–H groups in total. The van der Waals surface area contributed by atoms with Gasteiger partial charge in [0.1, 0.15) is 4.33 Å². The third-order valence-corrected chi connectivity index (χ3v) is 7.30. The SMILES string of the molecule is C=Cc1cc(F)c(F)c(NC(=O)c2cc(NC(=O)C3C(c4cc(Cl)cc(Cl)c4)C3(Cl)Cl)ccc2Cl)c1. The molecule has 1 fully saturated rings. The van der Waals surface area contributed by atoms with Crippen LogP contribution >= 0.6 is 58.0 Å². The van der Waals surface area contributed by atoms with E-state index in [1.165, 1.54) is 30.3 Å². The summed E-state index contributed by atoms with van der Waals surface area (Å²) in [5.41, 5.74) is 0.595. The van der Waals surface area contributed by atoms with Crippen LogP contribution < -0.4 is 10.6 Å². The van der Waals surface area contributed by atoms with Crippen molar-refractivity contribution >= 4 is 87.3 Å². The van der Waals surface area contributed by atoms with Crippen LogP contribution in [-0.2, 0) is 4.79 Å². The lowest BCUT2D eigenvalue weighted by molar-refractivity contribution is -0.117. The standard InChI is InChI=1S/C25H15Cl5F2N2O2/c1-2-11-5-18(31)22(32)19(6-11)34-23(35)16-10-15(3-4-17(16)28)33-24(36)21-20(25(21,29)30)12-7-13(26)9-14(27)8-12/h2-10,20-21H,1H2,(H,33,36)(H,34,35). The highest BCUT2D eigenvalue weighted by Gasteiger charge is 2.67. The molecule has 0 aromatic heterocycles. The number of hydrogen-bond donors (Lipinski definition) is 2. The van der Waals surface area contributed by atoms with Gasteiger partial charge >= 0.3 is 0 Å². The van der Waals surface area contributed by atoms with Gasteiger partial charge in [0, 0.05) is 21.7 Å². The quantitative estimate of drug-likeness (QED) is 0.284. The van der Waals surface area contributed by atoms with Crippen molar-refractivity contribution in [1.29, 1.82) is 0 Å². The molecule has 3 aromatic rings. The van der Waals surface area contributed by atoms with Crippen molar-refractivity contribution in [2.45, 2.75) is 10.3 Å². The summed E-state index contributed by atoms with van der Waals surface area (Å²) in [5.74, 6) is -5.13. The van der Waals surface area contributed by atoms with Gasteiger partial charge in [0.25, 0.3) is 5.91 Å². The molecule has 1 aliphatic rings. The summed E-state index contributed by atoms with van der Waals surface area (Å²) < 4.78 is 26.6. The predicted octanol–water partition coefficient (Wildman–Crippen LogP) is 8.35. The molecular formula is C25H15Cl5F2N2O2. The van der Waals surface area contributed by atoms with Crippen molar-refractivity contribution in [2.24, 2.45) is 5.92 Å². The maximum absolute atomic E-state index is 14.2. The van der Waals surface area contributed by atoms with E-state index >= 15 is 0 Å². The highest BCUT2D eigenvalue weighted by molar-refractivity contribution is 6.53. The van der Waals surface area contributed by atoms with Crippen molar-refractivity contribution < 1.29 is 18.4 Å². The summed E-state index contributed by atoms with van der Waals surface area (Å²) in [5, 5.41) is 5.70. The molecular weight excluding hydrogens is 576 g/mol. The third kappa shape index (κ3) is 5.34. The van der Waals surface area contributed by atoms with Crippen LogP contribution in [0.3, 0.4) is 0 Å². The lowest BCUT2D eigenvalue weighted by Crippen LogP contribution is -2.18. The minimum absolute atomic E-state index is 0.0214. The molecule has 0 heterocycles. The Labute approximate surface area is 230 Å². The molecule has 2 atom stereocenters. The van der Waals surface area contributed by atoms with Crippen molar-refractivity contribution in [1.82, 2.24) is 0 Å². The lowest BCUT2D eigenvalue weighted by Gasteiger charge is -2.12. The molecule has 3 aromatic carbocycles. The predicted molar refractivity (Wildman–Crippen MR) is 142 cm³/mol. The maximum atomic E-state index is 14.2. The highest BCUT2D eigenvalue weighted by atomic mass is 35.5. The van der Waals surface area contributed by atoms with E-state index in [4.69, 9.17) is 58.0 Å². The molecule has 1 saturated carbocycles. The van der Waals surface area contributed by atoms with Crippen LogP contribution in [0.2, 0.25) is 15.1 Å². The second-order valence-electron chi connectivity index (χ2n) is 8.04. The molecule has 4 nitrogen and oxygen atoms in total. The van der Waals surface area contributed by atoms with E-state index < -0.39 is 45.3 Å². The van der Waals surface area contributed by atoms with E-state index in [9.17, 15) is 18.4 Å². The maximum Gasteiger partial charge on any atom is 0.257 e. The summed E-state index contributed by atoms with van der Waals surface area (Å²) >= 11 is 31.0. The molecule has 36 heavy (non-hydrogen) atoms. The van der Waals surface area contributed by atoms with Crippen LogP contribution in [0.25, 0.3) is 6.08 Å². The topological polar surface area (TPSA) is 58.2 Å². The lowest BCUT2D eigenvalue weighted by atomic mass is 10.1. The smallest absolute Gasteiger partial charge is 0.257 e. The van der Waals surface area contributed by atoms with Crippen LogP contribution in [0.1, 0.15) is 27.4 Å². The average molecular weight is 591 g/mol. The number of carbonyl (C=O) groups is 2. The number of halogens is 7. The zero-order chi connectivity index (χ0) is 26.4. The zero-order valence-electron chi connectivity index (χ0n) is 18.0. The Hall–Kier alpha value is -2.35. The van der Waals surface area contributed by atoms with Crippen molar-refractivity contribution in [3.63, 3.8) is 0 Å². The summed E-state index contributed by atoms with van der Waals surface area (Å²) in [4.78, 5) is 25.8. The Morgan fingerprint density at radius 1 is 0.944 bits per heavy atom. The van der Waals surface area contributed by atoms with E-state index in [0.717, 1.165) is 6.07 Å². The van der Waals surface area contributed by atoms with Gasteiger partial charge in [-0.2, -0.15) is 0 Å². The molecule has 1 aliphatic carbocycles. The number of carbonyl (C=O) groups excluding carboxylic acids is 2. The number of benzene rings is 3. The van der Waals surface area contributed by atoms with E-state index in [2.05, 4.69) is 17.2 Å². The van der Waals surface area contributed by atoms with Crippen LogP contribution in [0.15, 0.2) is 55.1 Å². The zero-order valence-corrected chi connectivity index (χ0v) is 21.8.